The summed E-state index contributed by atoms with van der Waals surface area (Å²) in [5.74, 6) is 5.38. The van der Waals surface area contributed by atoms with Gasteiger partial charge >= 0.3 is 0 Å². The fraction of sp³-hybridized carbons (Fsp3) is 0.818. The molecule has 0 aliphatic carbocycles. The average Bonchev–Trinajstić information content (AvgIpc) is 2.32. The van der Waals surface area contributed by atoms with Crippen LogP contribution in [0, 0.1) is 0 Å². The van der Waals surface area contributed by atoms with Gasteiger partial charge in [0.05, 0.1) is 0 Å². The van der Waals surface area contributed by atoms with Crippen LogP contribution in [0.15, 0.2) is 0 Å². The van der Waals surface area contributed by atoms with Crippen molar-refractivity contribution in [1.82, 2.24) is 15.2 Å². The highest BCUT2D eigenvalue weighted by Crippen LogP contribution is 2.09. The zero-order chi connectivity index (χ0) is 14.6. The number of imide groups is 1. The molecular formula is C11H26N4O2S. The number of hydrogen-bond acceptors (Lipinski definition) is 6. The lowest BCUT2D eigenvalue weighted by atomic mass is 10.4. The van der Waals surface area contributed by atoms with Gasteiger partial charge in [-0.25, -0.2) is 5.01 Å². The predicted molar refractivity (Wildman–Crippen MR) is 76.9 cm³/mol. The van der Waals surface area contributed by atoms with Gasteiger partial charge in [-0.05, 0) is 33.3 Å². The minimum absolute atomic E-state index is 0.374. The fourth-order valence-electron chi connectivity index (χ4n) is 1.21. The van der Waals surface area contributed by atoms with Crippen LogP contribution in [-0.2, 0) is 9.59 Å². The van der Waals surface area contributed by atoms with Crippen molar-refractivity contribution in [1.29, 1.82) is 0 Å². The molecule has 1 atom stereocenters. The third-order valence-electron chi connectivity index (χ3n) is 1.97. The third kappa shape index (κ3) is 9.41. The summed E-state index contributed by atoms with van der Waals surface area (Å²) in [6.45, 7) is 5.51. The highest BCUT2D eigenvalue weighted by Gasteiger charge is 2.21. The zero-order valence-electron chi connectivity index (χ0n) is 12.0. The van der Waals surface area contributed by atoms with Crippen molar-refractivity contribution in [2.24, 2.45) is 5.84 Å². The van der Waals surface area contributed by atoms with Crippen LogP contribution >= 0.6 is 11.8 Å². The summed E-state index contributed by atoms with van der Waals surface area (Å²) in [5, 5.41) is 3.03. The van der Waals surface area contributed by atoms with E-state index in [2.05, 4.69) is 5.32 Å². The second-order valence-electron chi connectivity index (χ2n) is 3.61. The third-order valence-corrected chi connectivity index (χ3v) is 2.90. The van der Waals surface area contributed by atoms with E-state index in [9.17, 15) is 9.59 Å². The van der Waals surface area contributed by atoms with Gasteiger partial charge in [-0.3, -0.25) is 20.7 Å². The van der Waals surface area contributed by atoms with Crippen LogP contribution in [0.25, 0.3) is 0 Å². The molecule has 0 spiro atoms. The van der Waals surface area contributed by atoms with Gasteiger partial charge in [-0.2, -0.15) is 0 Å². The molecule has 0 bridgehead atoms. The molecule has 0 fully saturated rings. The molecule has 0 aromatic carbocycles. The molecule has 0 aliphatic rings. The van der Waals surface area contributed by atoms with E-state index in [4.69, 9.17) is 5.84 Å². The zero-order valence-corrected chi connectivity index (χ0v) is 12.8. The number of hydrazine groups is 1. The van der Waals surface area contributed by atoms with E-state index in [0.29, 0.717) is 13.0 Å². The molecule has 7 heteroatoms. The first-order valence-electron chi connectivity index (χ1n) is 5.95. The van der Waals surface area contributed by atoms with Crippen LogP contribution in [0.5, 0.6) is 0 Å². The van der Waals surface area contributed by atoms with Crippen molar-refractivity contribution in [3.63, 3.8) is 0 Å². The number of amides is 2. The lowest BCUT2D eigenvalue weighted by molar-refractivity contribution is -0.127. The first-order valence-corrected chi connectivity index (χ1v) is 7.24. The molecule has 2 amide bonds. The minimum Gasteiger partial charge on any atom is -0.309 e. The average molecular weight is 278 g/mol. The molecular weight excluding hydrogens is 252 g/mol. The van der Waals surface area contributed by atoms with Crippen molar-refractivity contribution < 1.29 is 9.59 Å². The molecule has 1 unspecified atom stereocenters. The Hall–Kier alpha value is -0.630. The summed E-state index contributed by atoms with van der Waals surface area (Å²) in [5.41, 5.74) is 0. The number of carbonyl (C=O) groups is 2. The van der Waals surface area contributed by atoms with E-state index in [-0.39, 0.29) is 5.91 Å². The summed E-state index contributed by atoms with van der Waals surface area (Å²) >= 11 is 1.30. The Labute approximate surface area is 114 Å². The molecule has 3 N–H and O–H groups in total. The van der Waals surface area contributed by atoms with Gasteiger partial charge in [0.2, 0.25) is 6.41 Å². The molecule has 18 heavy (non-hydrogen) atoms. The first kappa shape index (κ1) is 19.7. The Bertz CT molecular complexity index is 227. The maximum atomic E-state index is 11.4. The van der Waals surface area contributed by atoms with E-state index >= 15 is 0 Å². The van der Waals surface area contributed by atoms with Crippen molar-refractivity contribution >= 4 is 24.1 Å². The molecule has 0 saturated carbocycles. The highest BCUT2D eigenvalue weighted by atomic mass is 32.2. The van der Waals surface area contributed by atoms with Gasteiger partial charge in [0.1, 0.15) is 5.37 Å². The topological polar surface area (TPSA) is 78.7 Å². The minimum atomic E-state index is -0.521. The molecule has 6 nitrogen and oxygen atoms in total. The number of nitrogens with two attached hydrogens (primary N) is 1. The summed E-state index contributed by atoms with van der Waals surface area (Å²) in [7, 11) is 3.96. The fourth-order valence-corrected chi connectivity index (χ4v) is 1.87. The summed E-state index contributed by atoms with van der Waals surface area (Å²) in [6.07, 6.45) is 3.02. The Kier molecular flexibility index (Phi) is 14.0. The lowest BCUT2D eigenvalue weighted by Crippen LogP contribution is -2.49. The first-order chi connectivity index (χ1) is 8.52. The van der Waals surface area contributed by atoms with E-state index in [0.717, 1.165) is 13.0 Å². The maximum Gasteiger partial charge on any atom is 0.255 e. The quantitative estimate of drug-likeness (QED) is 0.284. The van der Waals surface area contributed by atoms with Gasteiger partial charge < -0.3 is 4.90 Å². The maximum absolute atomic E-state index is 11.4. The van der Waals surface area contributed by atoms with Crippen LogP contribution < -0.4 is 11.2 Å². The van der Waals surface area contributed by atoms with Gasteiger partial charge in [-0.1, -0.05) is 13.8 Å². The van der Waals surface area contributed by atoms with Crippen LogP contribution in [0.4, 0.5) is 0 Å². The largest absolute Gasteiger partial charge is 0.309 e. The number of thioether (sulfide) groups is 1. The van der Waals surface area contributed by atoms with Crippen molar-refractivity contribution in [3.8, 4) is 0 Å². The number of nitrogens with zero attached hydrogens (tertiary/aromatic N) is 2. The van der Waals surface area contributed by atoms with E-state index in [1.54, 1.807) is 6.26 Å². The van der Waals surface area contributed by atoms with E-state index < -0.39 is 5.37 Å². The Morgan fingerprint density at radius 1 is 1.39 bits per heavy atom. The van der Waals surface area contributed by atoms with Crippen LogP contribution in [0.1, 0.15) is 20.3 Å². The monoisotopic (exact) mass is 278 g/mol. The van der Waals surface area contributed by atoms with Gasteiger partial charge in [0, 0.05) is 6.54 Å². The smallest absolute Gasteiger partial charge is 0.255 e. The number of nitrogens with one attached hydrogen (secondary N) is 1. The molecule has 0 heterocycles. The summed E-state index contributed by atoms with van der Waals surface area (Å²) in [6, 6.07) is 0. The standard InChI is InChI=1S/C9H20N4O2S.C2H6/c1-12(2)5-4-6-13(10)9(16-3)8(15)11-7-14;1-2/h7,9H,4-6,10H2,1-3H3,(H,11,14,15);1-2H3. The van der Waals surface area contributed by atoms with Crippen molar-refractivity contribution in [2.75, 3.05) is 33.4 Å². The van der Waals surface area contributed by atoms with E-state index in [1.165, 1.54) is 16.8 Å². The molecule has 0 aliphatic heterocycles. The summed E-state index contributed by atoms with van der Waals surface area (Å²) in [4.78, 5) is 23.6. The Balaban J connectivity index is 0. The SMILES string of the molecule is CC.CSC(C(=O)NC=O)N(N)CCCN(C)C. The Morgan fingerprint density at radius 2 is 1.94 bits per heavy atom. The second kappa shape index (κ2) is 12.8. The van der Waals surface area contributed by atoms with Crippen LogP contribution in [0.2, 0.25) is 0 Å². The molecule has 0 saturated heterocycles. The van der Waals surface area contributed by atoms with E-state index in [1.807, 2.05) is 32.8 Å². The summed E-state index contributed by atoms with van der Waals surface area (Å²) < 4.78 is 0. The normalized spacial score (nSPS) is 11.8. The van der Waals surface area contributed by atoms with Gasteiger partial charge in [0.15, 0.2) is 0 Å². The molecule has 108 valence electrons. The predicted octanol–water partition coefficient (Wildman–Crippen LogP) is 0.102. The van der Waals surface area contributed by atoms with Crippen LogP contribution in [-0.4, -0.2) is 61.0 Å². The number of hydrogen-bond donors (Lipinski definition) is 2. The Morgan fingerprint density at radius 3 is 2.33 bits per heavy atom. The van der Waals surface area contributed by atoms with Crippen molar-refractivity contribution in [3.05, 3.63) is 0 Å². The van der Waals surface area contributed by atoms with Crippen molar-refractivity contribution in [2.45, 2.75) is 25.6 Å². The van der Waals surface area contributed by atoms with Gasteiger partial charge in [0.25, 0.3) is 5.91 Å². The lowest BCUT2D eigenvalue weighted by Gasteiger charge is -2.24. The molecule has 0 radical (unpaired) electrons. The van der Waals surface area contributed by atoms with Crippen LogP contribution in [0.3, 0.4) is 0 Å². The molecule has 0 aromatic heterocycles. The molecule has 0 aromatic rings. The number of rotatable bonds is 8. The number of carbonyl (C=O) groups excluding carboxylic acids is 2. The second-order valence-corrected chi connectivity index (χ2v) is 4.53. The van der Waals surface area contributed by atoms with Gasteiger partial charge in [-0.15, -0.1) is 11.8 Å². The molecule has 0 rings (SSSR count). The highest BCUT2D eigenvalue weighted by molar-refractivity contribution is 7.99.